The third-order valence-corrected chi connectivity index (χ3v) is 3.57. The summed E-state index contributed by atoms with van der Waals surface area (Å²) in [6, 6.07) is 1.26. The van der Waals surface area contributed by atoms with Crippen molar-refractivity contribution in [2.24, 2.45) is 7.05 Å². The molecule has 0 saturated carbocycles. The molecule has 2 N–H and O–H groups in total. The first-order valence-electron chi connectivity index (χ1n) is 6.74. The SMILES string of the molecule is CCOC(=O)c1cnc(NC(=O)Nc2c(F)cc(I)cc2F)n1C. The second kappa shape index (κ2) is 7.55. The molecule has 0 bridgehead atoms. The van der Waals surface area contributed by atoms with E-state index in [1.807, 2.05) is 0 Å². The molecule has 0 spiro atoms. The highest BCUT2D eigenvalue weighted by molar-refractivity contribution is 14.1. The molecule has 0 radical (unpaired) electrons. The minimum atomic E-state index is -0.905. The van der Waals surface area contributed by atoms with Crippen LogP contribution in [-0.2, 0) is 11.8 Å². The minimum Gasteiger partial charge on any atom is -0.461 e. The first-order chi connectivity index (χ1) is 11.3. The number of halogens is 3. The van der Waals surface area contributed by atoms with Crippen molar-refractivity contribution < 1.29 is 23.1 Å². The monoisotopic (exact) mass is 450 g/mol. The van der Waals surface area contributed by atoms with E-state index >= 15 is 0 Å². The summed E-state index contributed by atoms with van der Waals surface area (Å²) in [5.41, 5.74) is -0.452. The van der Waals surface area contributed by atoms with Gasteiger partial charge in [-0.3, -0.25) is 5.32 Å². The van der Waals surface area contributed by atoms with Gasteiger partial charge in [-0.05, 0) is 41.6 Å². The number of nitrogens with one attached hydrogen (secondary N) is 2. The molecular formula is C14H13F2IN4O3. The Bertz CT molecular complexity index is 771. The van der Waals surface area contributed by atoms with E-state index in [1.165, 1.54) is 17.8 Å². The highest BCUT2D eigenvalue weighted by Gasteiger charge is 2.18. The Kier molecular flexibility index (Phi) is 5.70. The Morgan fingerprint density at radius 2 is 1.92 bits per heavy atom. The number of anilines is 2. The molecule has 2 amide bonds. The Morgan fingerprint density at radius 1 is 1.29 bits per heavy atom. The second-order valence-electron chi connectivity index (χ2n) is 4.57. The lowest BCUT2D eigenvalue weighted by molar-refractivity contribution is 0.0515. The maximum Gasteiger partial charge on any atom is 0.356 e. The van der Waals surface area contributed by atoms with Gasteiger partial charge in [0.05, 0.1) is 12.8 Å². The van der Waals surface area contributed by atoms with Crippen LogP contribution in [0.4, 0.5) is 25.2 Å². The van der Waals surface area contributed by atoms with E-state index in [0.717, 1.165) is 12.1 Å². The van der Waals surface area contributed by atoms with Crippen molar-refractivity contribution in [2.45, 2.75) is 6.92 Å². The lowest BCUT2D eigenvalue weighted by Gasteiger charge is -2.10. The average Bonchev–Trinajstić information content (AvgIpc) is 2.84. The molecule has 0 aliphatic rings. The molecule has 1 heterocycles. The number of nitrogens with zero attached hydrogens (tertiary/aromatic N) is 2. The van der Waals surface area contributed by atoms with Crippen LogP contribution in [0.1, 0.15) is 17.4 Å². The third kappa shape index (κ3) is 3.99. The number of imidazole rings is 1. The van der Waals surface area contributed by atoms with Crippen LogP contribution in [-0.4, -0.2) is 28.2 Å². The van der Waals surface area contributed by atoms with Gasteiger partial charge in [-0.1, -0.05) is 0 Å². The van der Waals surface area contributed by atoms with Crippen molar-refractivity contribution in [2.75, 3.05) is 17.2 Å². The van der Waals surface area contributed by atoms with E-state index in [-0.39, 0.29) is 18.2 Å². The molecule has 0 aliphatic heterocycles. The van der Waals surface area contributed by atoms with Crippen LogP contribution in [0, 0.1) is 15.2 Å². The number of aromatic nitrogens is 2. The molecule has 0 atom stereocenters. The normalized spacial score (nSPS) is 10.4. The van der Waals surface area contributed by atoms with E-state index < -0.39 is 29.3 Å². The average molecular weight is 450 g/mol. The van der Waals surface area contributed by atoms with Crippen molar-refractivity contribution in [3.63, 3.8) is 0 Å². The fourth-order valence-corrected chi connectivity index (χ4v) is 2.38. The summed E-state index contributed by atoms with van der Waals surface area (Å²) in [6.07, 6.45) is 1.22. The second-order valence-corrected chi connectivity index (χ2v) is 5.82. The Labute approximate surface area is 149 Å². The maximum absolute atomic E-state index is 13.7. The number of rotatable bonds is 4. The van der Waals surface area contributed by atoms with Crippen LogP contribution in [0.3, 0.4) is 0 Å². The van der Waals surface area contributed by atoms with Crippen LogP contribution >= 0.6 is 22.6 Å². The minimum absolute atomic E-state index is 0.0156. The highest BCUT2D eigenvalue weighted by atomic mass is 127. The summed E-state index contributed by atoms with van der Waals surface area (Å²) in [7, 11) is 1.49. The van der Waals surface area contributed by atoms with Gasteiger partial charge in [0.2, 0.25) is 5.95 Å². The van der Waals surface area contributed by atoms with Crippen molar-refractivity contribution in [1.29, 1.82) is 0 Å². The fourth-order valence-electron chi connectivity index (χ4n) is 1.83. The summed E-state index contributed by atoms with van der Waals surface area (Å²) < 4.78 is 33.9. The fraction of sp³-hybridized carbons (Fsp3) is 0.214. The van der Waals surface area contributed by atoms with Crippen molar-refractivity contribution in [3.8, 4) is 0 Å². The molecule has 0 saturated heterocycles. The number of amides is 2. The largest absolute Gasteiger partial charge is 0.461 e. The molecule has 2 aromatic rings. The molecule has 0 unspecified atom stereocenters. The standard InChI is InChI=1S/C14H13F2IN4O3/c1-3-24-12(22)10-6-18-13(21(10)2)20-14(23)19-11-8(15)4-7(17)5-9(11)16/h4-6H,3H2,1-2H3,(H2,18,19,20,23). The summed E-state index contributed by atoms with van der Waals surface area (Å²) in [6.45, 7) is 1.85. The van der Waals surface area contributed by atoms with Crippen LogP contribution < -0.4 is 10.6 Å². The number of urea groups is 1. The summed E-state index contributed by atoms with van der Waals surface area (Å²) >= 11 is 1.75. The van der Waals surface area contributed by atoms with Gasteiger partial charge in [-0.25, -0.2) is 23.4 Å². The van der Waals surface area contributed by atoms with Gasteiger partial charge in [0, 0.05) is 10.6 Å². The first-order valence-corrected chi connectivity index (χ1v) is 7.82. The predicted octanol–water partition coefficient (Wildman–Crippen LogP) is 3.12. The lowest BCUT2D eigenvalue weighted by atomic mass is 10.3. The molecule has 1 aromatic heterocycles. The number of carbonyl (C=O) groups is 2. The topological polar surface area (TPSA) is 85.2 Å². The Balaban J connectivity index is 2.13. The van der Waals surface area contributed by atoms with Gasteiger partial charge >= 0.3 is 12.0 Å². The van der Waals surface area contributed by atoms with E-state index in [9.17, 15) is 18.4 Å². The number of carbonyl (C=O) groups excluding carboxylic acids is 2. The van der Waals surface area contributed by atoms with E-state index in [0.29, 0.717) is 3.57 Å². The Morgan fingerprint density at radius 3 is 2.50 bits per heavy atom. The molecule has 2 rings (SSSR count). The van der Waals surface area contributed by atoms with Crippen LogP contribution in [0.15, 0.2) is 18.3 Å². The van der Waals surface area contributed by atoms with Gasteiger partial charge in [0.25, 0.3) is 0 Å². The van der Waals surface area contributed by atoms with Crippen LogP contribution in [0.25, 0.3) is 0 Å². The van der Waals surface area contributed by atoms with Gasteiger partial charge < -0.3 is 14.6 Å². The van der Waals surface area contributed by atoms with Crippen LogP contribution in [0.2, 0.25) is 0 Å². The quantitative estimate of drug-likeness (QED) is 0.554. The van der Waals surface area contributed by atoms with Crippen molar-refractivity contribution >= 4 is 46.2 Å². The van der Waals surface area contributed by atoms with Crippen molar-refractivity contribution in [1.82, 2.24) is 9.55 Å². The number of esters is 1. The number of hydrogen-bond donors (Lipinski definition) is 2. The molecule has 24 heavy (non-hydrogen) atoms. The molecule has 0 aliphatic carbocycles. The smallest absolute Gasteiger partial charge is 0.356 e. The molecule has 10 heteroatoms. The summed E-state index contributed by atoms with van der Waals surface area (Å²) in [4.78, 5) is 27.4. The van der Waals surface area contributed by atoms with E-state index in [2.05, 4.69) is 15.6 Å². The Hall–Kier alpha value is -2.24. The number of benzene rings is 1. The van der Waals surface area contributed by atoms with Gasteiger partial charge in [0.15, 0.2) is 11.6 Å². The molecule has 0 fully saturated rings. The van der Waals surface area contributed by atoms with Crippen molar-refractivity contribution in [3.05, 3.63) is 39.2 Å². The maximum atomic E-state index is 13.7. The first kappa shape index (κ1) is 18.1. The zero-order valence-corrected chi connectivity index (χ0v) is 14.8. The molecule has 128 valence electrons. The van der Waals surface area contributed by atoms with E-state index in [1.54, 1.807) is 29.5 Å². The van der Waals surface area contributed by atoms with Gasteiger partial charge in [0.1, 0.15) is 11.4 Å². The summed E-state index contributed by atoms with van der Waals surface area (Å²) in [5, 5.41) is 4.38. The highest BCUT2D eigenvalue weighted by Crippen LogP contribution is 2.22. The number of hydrogen-bond acceptors (Lipinski definition) is 4. The lowest BCUT2D eigenvalue weighted by Crippen LogP contribution is -2.23. The van der Waals surface area contributed by atoms with E-state index in [4.69, 9.17) is 4.74 Å². The molecule has 1 aromatic carbocycles. The zero-order chi connectivity index (χ0) is 17.9. The predicted molar refractivity (Wildman–Crippen MR) is 90.9 cm³/mol. The van der Waals surface area contributed by atoms with Gasteiger partial charge in [-0.15, -0.1) is 0 Å². The number of ether oxygens (including phenoxy) is 1. The zero-order valence-electron chi connectivity index (χ0n) is 12.7. The third-order valence-electron chi connectivity index (χ3n) is 2.94. The van der Waals surface area contributed by atoms with Gasteiger partial charge in [-0.2, -0.15) is 0 Å². The molecular weight excluding hydrogens is 437 g/mol. The van der Waals surface area contributed by atoms with Crippen LogP contribution in [0.5, 0.6) is 0 Å². The summed E-state index contributed by atoms with van der Waals surface area (Å²) in [5.74, 6) is -2.39. The molecule has 7 nitrogen and oxygen atoms in total.